The van der Waals surface area contributed by atoms with Gasteiger partial charge >= 0.3 is 5.97 Å². The van der Waals surface area contributed by atoms with Gasteiger partial charge in [0.15, 0.2) is 0 Å². The first-order chi connectivity index (χ1) is 9.92. The number of halogens is 2. The van der Waals surface area contributed by atoms with Gasteiger partial charge in [-0.1, -0.05) is 6.07 Å². The first-order valence-electron chi connectivity index (χ1n) is 5.96. The lowest BCUT2D eigenvalue weighted by Gasteiger charge is -2.23. The number of cyclic esters (lactones) is 1. The summed E-state index contributed by atoms with van der Waals surface area (Å²) in [7, 11) is -3.82. The molecule has 0 unspecified atom stereocenters. The highest BCUT2D eigenvalue weighted by Gasteiger charge is 2.28. The summed E-state index contributed by atoms with van der Waals surface area (Å²) in [5, 5.41) is 0. The summed E-state index contributed by atoms with van der Waals surface area (Å²) in [6.07, 6.45) is 2.48. The summed E-state index contributed by atoms with van der Waals surface area (Å²) in [6, 6.07) is 3.22. The fraction of sp³-hybridized carbons (Fsp3) is 0.333. The maximum Gasteiger partial charge on any atom is 0.333 e. The first-order valence-corrected chi connectivity index (χ1v) is 8.37. The van der Waals surface area contributed by atoms with Gasteiger partial charge in [0.1, 0.15) is 17.9 Å². The molecule has 114 valence electrons. The second kappa shape index (κ2) is 6.52. The molecule has 6 nitrogen and oxygen atoms in total. The van der Waals surface area contributed by atoms with Crippen molar-refractivity contribution in [2.75, 3.05) is 19.8 Å². The van der Waals surface area contributed by atoms with E-state index in [1.807, 2.05) is 0 Å². The number of carbonyl (C=O) groups is 1. The van der Waals surface area contributed by atoms with Gasteiger partial charge in [-0.2, -0.15) is 0 Å². The van der Waals surface area contributed by atoms with Crippen molar-refractivity contribution in [1.29, 1.82) is 0 Å². The van der Waals surface area contributed by atoms with E-state index in [0.717, 1.165) is 10.4 Å². The molecule has 21 heavy (non-hydrogen) atoms. The van der Waals surface area contributed by atoms with E-state index in [1.165, 1.54) is 6.20 Å². The van der Waals surface area contributed by atoms with E-state index in [0.29, 0.717) is 10.2 Å². The molecule has 1 aliphatic rings. The standard InChI is InChI=1S/C12H12BrFN2O4S/c13-11-2-1-9(6-15-11)8-21(18,19)16(4-3-14)10-5-12(17)20-7-10/h1-2,5-6H,3-4,7-8H2. The van der Waals surface area contributed by atoms with Gasteiger partial charge in [-0.05, 0) is 27.6 Å². The number of sulfonamides is 1. The smallest absolute Gasteiger partial charge is 0.333 e. The minimum atomic E-state index is -3.82. The van der Waals surface area contributed by atoms with E-state index in [2.05, 4.69) is 25.7 Å². The van der Waals surface area contributed by atoms with Crippen LogP contribution in [0.4, 0.5) is 4.39 Å². The van der Waals surface area contributed by atoms with Crippen molar-refractivity contribution in [2.45, 2.75) is 5.75 Å². The molecule has 0 saturated carbocycles. The predicted octanol–water partition coefficient (Wildman–Crippen LogP) is 1.39. The molecule has 1 aromatic heterocycles. The minimum absolute atomic E-state index is 0.141. The SMILES string of the molecule is O=C1C=C(N(CCF)S(=O)(=O)Cc2ccc(Br)nc2)CO1. The molecule has 2 rings (SSSR count). The summed E-state index contributed by atoms with van der Waals surface area (Å²) in [4.78, 5) is 15.0. The van der Waals surface area contributed by atoms with Crippen LogP contribution in [0, 0.1) is 0 Å². The maximum absolute atomic E-state index is 12.6. The Labute approximate surface area is 129 Å². The second-order valence-electron chi connectivity index (χ2n) is 4.25. The van der Waals surface area contributed by atoms with E-state index >= 15 is 0 Å². The van der Waals surface area contributed by atoms with Crippen LogP contribution >= 0.6 is 15.9 Å². The van der Waals surface area contributed by atoms with Gasteiger partial charge in [0.25, 0.3) is 0 Å². The highest BCUT2D eigenvalue weighted by Crippen LogP contribution is 2.20. The molecule has 1 aromatic rings. The third kappa shape index (κ3) is 4.01. The van der Waals surface area contributed by atoms with Crippen LogP contribution in [0.25, 0.3) is 0 Å². The number of pyridine rings is 1. The van der Waals surface area contributed by atoms with Crippen molar-refractivity contribution in [3.05, 3.63) is 40.3 Å². The summed E-state index contributed by atoms with van der Waals surface area (Å²) in [6.45, 7) is -1.38. The van der Waals surface area contributed by atoms with Crippen molar-refractivity contribution < 1.29 is 22.3 Å². The number of nitrogens with zero attached hydrogens (tertiary/aromatic N) is 2. The number of hydrogen-bond donors (Lipinski definition) is 0. The van der Waals surface area contributed by atoms with E-state index in [1.54, 1.807) is 12.1 Å². The third-order valence-corrected chi connectivity index (χ3v) is 4.98. The molecule has 2 heterocycles. The summed E-state index contributed by atoms with van der Waals surface area (Å²) in [5.74, 6) is -0.965. The molecule has 0 fully saturated rings. The fourth-order valence-electron chi connectivity index (χ4n) is 1.83. The number of aromatic nitrogens is 1. The third-order valence-electron chi connectivity index (χ3n) is 2.73. The van der Waals surface area contributed by atoms with Crippen LogP contribution < -0.4 is 0 Å². The van der Waals surface area contributed by atoms with Crippen LogP contribution in [0.1, 0.15) is 5.56 Å². The zero-order chi connectivity index (χ0) is 15.5. The van der Waals surface area contributed by atoms with E-state index in [4.69, 9.17) is 0 Å². The average molecular weight is 379 g/mol. The number of rotatable bonds is 6. The van der Waals surface area contributed by atoms with Crippen molar-refractivity contribution in [1.82, 2.24) is 9.29 Å². The average Bonchev–Trinajstić information content (AvgIpc) is 2.84. The van der Waals surface area contributed by atoms with Crippen LogP contribution in [0.3, 0.4) is 0 Å². The number of ether oxygens (including phenoxy) is 1. The lowest BCUT2D eigenvalue weighted by Crippen LogP contribution is -2.34. The number of hydrogen-bond acceptors (Lipinski definition) is 5. The molecule has 9 heteroatoms. The Kier molecular flexibility index (Phi) is 4.94. The highest BCUT2D eigenvalue weighted by atomic mass is 79.9. The van der Waals surface area contributed by atoms with Crippen LogP contribution in [-0.4, -0.2) is 43.5 Å². The van der Waals surface area contributed by atoms with Crippen LogP contribution in [0.2, 0.25) is 0 Å². The Bertz CT molecular complexity index is 660. The predicted molar refractivity (Wildman–Crippen MR) is 76.3 cm³/mol. The number of carbonyl (C=O) groups excluding carboxylic acids is 1. The molecule has 0 aromatic carbocycles. The Morgan fingerprint density at radius 1 is 1.43 bits per heavy atom. The lowest BCUT2D eigenvalue weighted by molar-refractivity contribution is -0.135. The maximum atomic E-state index is 12.6. The second-order valence-corrected chi connectivity index (χ2v) is 6.96. The number of esters is 1. The molecule has 0 saturated heterocycles. The highest BCUT2D eigenvalue weighted by molar-refractivity contribution is 9.10. The zero-order valence-electron chi connectivity index (χ0n) is 10.8. The van der Waals surface area contributed by atoms with Gasteiger partial charge in [-0.15, -0.1) is 0 Å². The Balaban J connectivity index is 2.23. The molecule has 0 radical (unpaired) electrons. The van der Waals surface area contributed by atoms with Crippen LogP contribution in [0.15, 0.2) is 34.7 Å². The van der Waals surface area contributed by atoms with E-state index < -0.39 is 22.7 Å². The molecule has 0 bridgehead atoms. The molecule has 0 aliphatic carbocycles. The molecule has 0 spiro atoms. The Morgan fingerprint density at radius 2 is 2.19 bits per heavy atom. The molecule has 1 aliphatic heterocycles. The van der Waals surface area contributed by atoms with Crippen LogP contribution in [-0.2, 0) is 25.3 Å². The quantitative estimate of drug-likeness (QED) is 0.552. The normalized spacial score (nSPS) is 14.8. The van der Waals surface area contributed by atoms with Crippen molar-refractivity contribution in [3.63, 3.8) is 0 Å². The van der Waals surface area contributed by atoms with Crippen molar-refractivity contribution in [2.24, 2.45) is 0 Å². The lowest BCUT2D eigenvalue weighted by atomic mass is 10.3. The minimum Gasteiger partial charge on any atom is -0.456 e. The molecular formula is C12H12BrFN2O4S. The zero-order valence-corrected chi connectivity index (χ0v) is 13.2. The molecule has 0 N–H and O–H groups in total. The van der Waals surface area contributed by atoms with E-state index in [9.17, 15) is 17.6 Å². The van der Waals surface area contributed by atoms with Gasteiger partial charge in [0, 0.05) is 12.3 Å². The fourth-order valence-corrected chi connectivity index (χ4v) is 3.62. The largest absolute Gasteiger partial charge is 0.456 e. The Morgan fingerprint density at radius 3 is 2.71 bits per heavy atom. The van der Waals surface area contributed by atoms with Gasteiger partial charge in [0.2, 0.25) is 10.0 Å². The summed E-state index contributed by atoms with van der Waals surface area (Å²) < 4.78 is 43.5. The topological polar surface area (TPSA) is 76.6 Å². The monoisotopic (exact) mass is 378 g/mol. The molecule has 0 atom stereocenters. The van der Waals surface area contributed by atoms with Crippen molar-refractivity contribution in [3.8, 4) is 0 Å². The van der Waals surface area contributed by atoms with Gasteiger partial charge in [0.05, 0.1) is 18.0 Å². The van der Waals surface area contributed by atoms with Crippen molar-refractivity contribution >= 4 is 31.9 Å². The molecule has 0 amide bonds. The van der Waals surface area contributed by atoms with Gasteiger partial charge < -0.3 is 4.74 Å². The summed E-state index contributed by atoms with van der Waals surface area (Å²) >= 11 is 3.16. The summed E-state index contributed by atoms with van der Waals surface area (Å²) in [5.41, 5.74) is 0.607. The van der Waals surface area contributed by atoms with Crippen LogP contribution in [0.5, 0.6) is 0 Å². The number of alkyl halides is 1. The molecular weight excluding hydrogens is 367 g/mol. The first kappa shape index (κ1) is 15.9. The van der Waals surface area contributed by atoms with Gasteiger partial charge in [-0.3, -0.25) is 4.31 Å². The Hall–Kier alpha value is -1.48. The van der Waals surface area contributed by atoms with E-state index in [-0.39, 0.29) is 24.6 Å². The van der Waals surface area contributed by atoms with Gasteiger partial charge in [-0.25, -0.2) is 22.6 Å².